The van der Waals surface area contributed by atoms with Crippen molar-refractivity contribution < 1.29 is 9.47 Å². The number of anilines is 3. The van der Waals surface area contributed by atoms with Crippen LogP contribution in [0.5, 0.6) is 23.0 Å². The van der Waals surface area contributed by atoms with Crippen LogP contribution in [-0.4, -0.2) is 11.3 Å². The van der Waals surface area contributed by atoms with Gasteiger partial charge in [-0.25, -0.2) is 0 Å². The quantitative estimate of drug-likeness (QED) is 0.222. The van der Waals surface area contributed by atoms with Gasteiger partial charge in [-0.05, 0) is 71.6 Å². The molecule has 5 heteroatoms. The van der Waals surface area contributed by atoms with Gasteiger partial charge in [0.15, 0.2) is 5.75 Å². The van der Waals surface area contributed by atoms with Gasteiger partial charge in [0.25, 0.3) is 6.71 Å². The Bertz CT molecular complexity index is 2200. The van der Waals surface area contributed by atoms with Gasteiger partial charge in [-0.1, -0.05) is 66.7 Å². The smallest absolute Gasteiger partial charge is 0.266 e. The lowest BCUT2D eigenvalue weighted by atomic mass is 9.33. The monoisotopic (exact) mass is 524 g/mol. The lowest BCUT2D eigenvalue weighted by Gasteiger charge is -2.42. The van der Waals surface area contributed by atoms with Crippen LogP contribution in [0.15, 0.2) is 127 Å². The molecule has 4 heterocycles. The van der Waals surface area contributed by atoms with E-state index in [0.29, 0.717) is 0 Å². The summed E-state index contributed by atoms with van der Waals surface area (Å²) in [4.78, 5) is 2.34. The number of benzene rings is 6. The average molecular weight is 524 g/mol. The van der Waals surface area contributed by atoms with Crippen LogP contribution in [0.1, 0.15) is 0 Å². The summed E-state index contributed by atoms with van der Waals surface area (Å²) < 4.78 is 16.1. The van der Waals surface area contributed by atoms with Crippen molar-refractivity contribution in [2.24, 2.45) is 0 Å². The van der Waals surface area contributed by atoms with Crippen LogP contribution in [0.3, 0.4) is 0 Å². The van der Waals surface area contributed by atoms with Gasteiger partial charge in [-0.15, -0.1) is 0 Å². The summed E-state index contributed by atoms with van der Waals surface area (Å²) >= 11 is 0. The van der Waals surface area contributed by atoms with E-state index in [1.165, 1.54) is 16.3 Å². The fourth-order valence-corrected chi connectivity index (χ4v) is 7.25. The first kappa shape index (κ1) is 21.4. The maximum absolute atomic E-state index is 7.01. The van der Waals surface area contributed by atoms with Crippen LogP contribution in [0, 0.1) is 0 Å². The molecule has 0 amide bonds. The predicted molar refractivity (Wildman–Crippen MR) is 167 cm³/mol. The lowest BCUT2D eigenvalue weighted by molar-refractivity contribution is 0.467. The molecule has 10 rings (SSSR count). The molecule has 0 saturated carbocycles. The maximum atomic E-state index is 7.01. The predicted octanol–water partition coefficient (Wildman–Crippen LogP) is 7.29. The highest BCUT2D eigenvalue weighted by molar-refractivity contribution is 7.00. The number of hydrogen-bond acceptors (Lipinski definition) is 3. The fourth-order valence-electron chi connectivity index (χ4n) is 7.25. The Hall–Kier alpha value is -5.42. The Balaban J connectivity index is 1.35. The standard InChI is InChI=1S/C36H21BN2O2/c1-3-11-22(12-4-1)38-27-17-9-19-29-32(27)37-33-28(38)18-10-20-30(33)41-36-34(37)31(40-29)21-25-24-15-7-8-16-26(24)39(35(25)36)23-13-5-2-6-14-23/h1-21H. The van der Waals surface area contributed by atoms with E-state index < -0.39 is 0 Å². The summed E-state index contributed by atoms with van der Waals surface area (Å²) in [5.41, 5.74) is 10.2. The second-order valence-corrected chi connectivity index (χ2v) is 10.9. The van der Waals surface area contributed by atoms with Gasteiger partial charge in [-0.3, -0.25) is 0 Å². The zero-order valence-electron chi connectivity index (χ0n) is 21.9. The summed E-state index contributed by atoms with van der Waals surface area (Å²) in [5.74, 6) is 3.54. The molecular formula is C36H21BN2O2. The van der Waals surface area contributed by atoms with E-state index in [1.807, 2.05) is 0 Å². The van der Waals surface area contributed by atoms with Crippen LogP contribution in [0.2, 0.25) is 0 Å². The molecule has 190 valence electrons. The number of aromatic nitrogens is 1. The lowest BCUT2D eigenvalue weighted by Crippen LogP contribution is -2.61. The average Bonchev–Trinajstić information content (AvgIpc) is 3.36. The number of para-hydroxylation sites is 3. The molecule has 1 aromatic heterocycles. The fraction of sp³-hybridized carbons (Fsp3) is 0. The minimum atomic E-state index is 0.00602. The number of rotatable bonds is 2. The Morgan fingerprint density at radius 2 is 1.12 bits per heavy atom. The highest BCUT2D eigenvalue weighted by Gasteiger charge is 2.48. The first-order chi connectivity index (χ1) is 20.4. The third-order valence-electron chi connectivity index (χ3n) is 8.81. The highest BCUT2D eigenvalue weighted by Crippen LogP contribution is 2.48. The summed E-state index contributed by atoms with van der Waals surface area (Å²) in [7, 11) is 0. The third kappa shape index (κ3) is 2.66. The number of hydrogen-bond donors (Lipinski definition) is 0. The van der Waals surface area contributed by atoms with E-state index in [2.05, 4.69) is 137 Å². The molecule has 0 bridgehead atoms. The van der Waals surface area contributed by atoms with E-state index in [0.717, 1.165) is 67.6 Å². The number of ether oxygens (including phenoxy) is 2. The first-order valence-electron chi connectivity index (χ1n) is 14.0. The molecule has 0 aliphatic carbocycles. The Labute approximate surface area is 236 Å². The van der Waals surface area contributed by atoms with Gasteiger partial charge in [0, 0.05) is 39.0 Å². The Kier molecular flexibility index (Phi) is 3.98. The summed E-state index contributed by atoms with van der Waals surface area (Å²) in [6.45, 7) is 0.00602. The van der Waals surface area contributed by atoms with Gasteiger partial charge < -0.3 is 18.9 Å². The van der Waals surface area contributed by atoms with Gasteiger partial charge in [-0.2, -0.15) is 0 Å². The summed E-state index contributed by atoms with van der Waals surface area (Å²) in [6, 6.07) is 44.8. The topological polar surface area (TPSA) is 26.6 Å². The maximum Gasteiger partial charge on any atom is 0.266 e. The van der Waals surface area contributed by atoms with Crippen molar-refractivity contribution >= 4 is 62.0 Å². The van der Waals surface area contributed by atoms with Crippen molar-refractivity contribution in [2.45, 2.75) is 0 Å². The molecule has 0 saturated heterocycles. The molecule has 0 spiro atoms. The van der Waals surface area contributed by atoms with Crippen LogP contribution >= 0.6 is 0 Å². The van der Waals surface area contributed by atoms with Crippen LogP contribution in [0.4, 0.5) is 17.1 Å². The molecule has 7 aromatic rings. The van der Waals surface area contributed by atoms with E-state index >= 15 is 0 Å². The Morgan fingerprint density at radius 1 is 0.488 bits per heavy atom. The minimum absolute atomic E-state index is 0.00602. The van der Waals surface area contributed by atoms with E-state index in [9.17, 15) is 0 Å². The minimum Gasteiger partial charge on any atom is -0.458 e. The molecule has 3 aliphatic rings. The summed E-state index contributed by atoms with van der Waals surface area (Å²) in [5, 5.41) is 2.30. The SMILES string of the molecule is c1ccc(N2c3cccc4c3B3c5c(cccc52)Oc2c3c(cc3c5ccccc5n(-c5ccccc5)c23)O4)cc1. The molecule has 0 fully saturated rings. The molecule has 41 heavy (non-hydrogen) atoms. The summed E-state index contributed by atoms with van der Waals surface area (Å²) in [6.07, 6.45) is 0. The van der Waals surface area contributed by atoms with E-state index in [4.69, 9.17) is 9.47 Å². The van der Waals surface area contributed by atoms with Crippen molar-refractivity contribution in [3.63, 3.8) is 0 Å². The molecule has 0 N–H and O–H groups in total. The zero-order chi connectivity index (χ0) is 26.7. The Morgan fingerprint density at radius 3 is 1.85 bits per heavy atom. The van der Waals surface area contributed by atoms with Gasteiger partial charge in [0.1, 0.15) is 17.2 Å². The number of nitrogens with zero attached hydrogens (tertiary/aromatic N) is 2. The van der Waals surface area contributed by atoms with Crippen molar-refractivity contribution in [1.82, 2.24) is 4.57 Å². The largest absolute Gasteiger partial charge is 0.458 e. The second-order valence-electron chi connectivity index (χ2n) is 10.9. The van der Waals surface area contributed by atoms with E-state index in [-0.39, 0.29) is 6.71 Å². The molecule has 4 nitrogen and oxygen atoms in total. The zero-order valence-corrected chi connectivity index (χ0v) is 21.9. The normalized spacial score (nSPS) is 13.7. The highest BCUT2D eigenvalue weighted by atomic mass is 16.5. The first-order valence-corrected chi connectivity index (χ1v) is 14.0. The molecule has 0 radical (unpaired) electrons. The molecule has 0 unspecified atom stereocenters. The van der Waals surface area contributed by atoms with Gasteiger partial charge >= 0.3 is 0 Å². The molecule has 6 aromatic carbocycles. The van der Waals surface area contributed by atoms with Crippen molar-refractivity contribution in [2.75, 3.05) is 4.90 Å². The third-order valence-corrected chi connectivity index (χ3v) is 8.81. The molecule has 0 atom stereocenters. The van der Waals surface area contributed by atoms with Gasteiger partial charge in [0.2, 0.25) is 0 Å². The van der Waals surface area contributed by atoms with Crippen molar-refractivity contribution in [3.05, 3.63) is 127 Å². The van der Waals surface area contributed by atoms with Crippen molar-refractivity contribution in [3.8, 4) is 28.7 Å². The van der Waals surface area contributed by atoms with Gasteiger partial charge in [0.05, 0.1) is 11.0 Å². The second kappa shape index (κ2) is 7.61. The molecular weight excluding hydrogens is 503 g/mol. The number of fused-ring (bicyclic) bond motifs is 4. The van der Waals surface area contributed by atoms with Crippen LogP contribution in [0.25, 0.3) is 27.5 Å². The van der Waals surface area contributed by atoms with Crippen LogP contribution in [-0.2, 0) is 0 Å². The van der Waals surface area contributed by atoms with Crippen LogP contribution < -0.4 is 30.8 Å². The molecule has 3 aliphatic heterocycles. The van der Waals surface area contributed by atoms with Crippen molar-refractivity contribution in [1.29, 1.82) is 0 Å². The van der Waals surface area contributed by atoms with E-state index in [1.54, 1.807) is 0 Å².